The maximum atomic E-state index is 11.7. The fourth-order valence-electron chi connectivity index (χ4n) is 3.31. The molecule has 0 spiro atoms. The molecule has 2 heterocycles. The maximum absolute atomic E-state index is 11.7. The Morgan fingerprint density at radius 2 is 2.00 bits per heavy atom. The van der Waals surface area contributed by atoms with E-state index >= 15 is 0 Å². The second kappa shape index (κ2) is 9.15. The van der Waals surface area contributed by atoms with Crippen LogP contribution in [0.3, 0.4) is 0 Å². The molecule has 0 N–H and O–H groups in total. The molecule has 2 aromatic heterocycles. The van der Waals surface area contributed by atoms with Crippen LogP contribution in [0, 0.1) is 0 Å². The molecule has 29 heavy (non-hydrogen) atoms. The molecule has 158 valence electrons. The van der Waals surface area contributed by atoms with Gasteiger partial charge in [-0.2, -0.15) is 0 Å². The highest BCUT2D eigenvalue weighted by atomic mass is 35.5. The van der Waals surface area contributed by atoms with Gasteiger partial charge in [0.25, 0.3) is 0 Å². The molecular formula is C19H26ClN5O3S. The first kappa shape index (κ1) is 23.2. The number of nitrogens with zero attached hydrogens (tertiary/aromatic N) is 5. The van der Waals surface area contributed by atoms with Crippen molar-refractivity contribution in [3.8, 4) is 5.88 Å². The van der Waals surface area contributed by atoms with Crippen LogP contribution in [0.4, 0.5) is 0 Å². The summed E-state index contributed by atoms with van der Waals surface area (Å²) in [4.78, 5) is 11.6. The number of azide groups is 1. The van der Waals surface area contributed by atoms with Crippen molar-refractivity contribution in [3.63, 3.8) is 0 Å². The van der Waals surface area contributed by atoms with Crippen LogP contribution in [-0.2, 0) is 15.4 Å². The molecule has 0 radical (unpaired) electrons. The van der Waals surface area contributed by atoms with Crippen molar-refractivity contribution in [2.24, 2.45) is 5.11 Å². The van der Waals surface area contributed by atoms with E-state index in [2.05, 4.69) is 20.0 Å². The number of fused-ring (bicyclic) bond motifs is 1. The predicted octanol–water partition coefficient (Wildman–Crippen LogP) is 5.20. The quantitative estimate of drug-likeness (QED) is 0.230. The predicted molar refractivity (Wildman–Crippen MR) is 115 cm³/mol. The third-order valence-corrected chi connectivity index (χ3v) is 6.85. The second-order valence-electron chi connectivity index (χ2n) is 7.55. The van der Waals surface area contributed by atoms with Gasteiger partial charge in [0, 0.05) is 30.0 Å². The van der Waals surface area contributed by atoms with Gasteiger partial charge in [0.1, 0.15) is 15.0 Å². The van der Waals surface area contributed by atoms with Crippen LogP contribution in [0.5, 0.6) is 5.88 Å². The van der Waals surface area contributed by atoms with E-state index in [0.717, 1.165) is 17.4 Å². The maximum Gasteiger partial charge on any atom is 0.223 e. The molecule has 0 aliphatic carbocycles. The molecule has 0 fully saturated rings. The van der Waals surface area contributed by atoms with E-state index in [1.165, 1.54) is 6.26 Å². The summed E-state index contributed by atoms with van der Waals surface area (Å²) >= 11 is 6.13. The summed E-state index contributed by atoms with van der Waals surface area (Å²) in [6.45, 7) is 7.32. The lowest BCUT2D eigenvalue weighted by Gasteiger charge is -2.26. The van der Waals surface area contributed by atoms with Gasteiger partial charge in [-0.25, -0.2) is 18.4 Å². The smallest absolute Gasteiger partial charge is 0.223 e. The average Bonchev–Trinajstić information content (AvgIpc) is 2.61. The molecule has 0 saturated carbocycles. The zero-order chi connectivity index (χ0) is 21.8. The Hall–Kier alpha value is -2.09. The van der Waals surface area contributed by atoms with Gasteiger partial charge >= 0.3 is 0 Å². The number of rotatable bonds is 9. The number of aromatic nitrogens is 2. The van der Waals surface area contributed by atoms with Gasteiger partial charge in [0.05, 0.1) is 22.3 Å². The molecule has 2 aromatic rings. The first-order valence-electron chi connectivity index (χ1n) is 9.38. The number of hydrogen-bond acceptors (Lipinski definition) is 6. The minimum Gasteiger partial charge on any atom is -0.474 e. The monoisotopic (exact) mass is 439 g/mol. The molecule has 2 rings (SSSR count). The highest BCUT2D eigenvalue weighted by Gasteiger charge is 2.28. The Morgan fingerprint density at radius 3 is 2.59 bits per heavy atom. The zero-order valence-electron chi connectivity index (χ0n) is 17.3. The number of sulfone groups is 1. The summed E-state index contributed by atoms with van der Waals surface area (Å²) in [5.74, 6) is 0.334. The summed E-state index contributed by atoms with van der Waals surface area (Å²) < 4.78 is 29.4. The molecule has 0 amide bonds. The summed E-state index contributed by atoms with van der Waals surface area (Å²) in [7, 11) is -3.15. The number of pyridine rings is 2. The van der Waals surface area contributed by atoms with Crippen LogP contribution in [-0.4, -0.2) is 36.0 Å². The van der Waals surface area contributed by atoms with E-state index in [9.17, 15) is 8.42 Å². The lowest BCUT2D eigenvalue weighted by atomic mass is 9.87. The van der Waals surface area contributed by atoms with Crippen molar-refractivity contribution < 1.29 is 13.2 Å². The molecular weight excluding hydrogens is 414 g/mol. The van der Waals surface area contributed by atoms with Crippen molar-refractivity contribution in [3.05, 3.63) is 39.6 Å². The van der Waals surface area contributed by atoms with Crippen LogP contribution in [0.2, 0.25) is 5.15 Å². The average molecular weight is 440 g/mol. The van der Waals surface area contributed by atoms with Crippen molar-refractivity contribution in [2.45, 2.75) is 63.9 Å². The van der Waals surface area contributed by atoms with Crippen LogP contribution in [0.1, 0.15) is 52.5 Å². The van der Waals surface area contributed by atoms with E-state index < -0.39 is 20.6 Å². The lowest BCUT2D eigenvalue weighted by molar-refractivity contribution is 0.205. The third-order valence-electron chi connectivity index (χ3n) is 4.99. The highest BCUT2D eigenvalue weighted by molar-refractivity contribution is 7.91. The Bertz CT molecular complexity index is 1040. The van der Waals surface area contributed by atoms with E-state index in [-0.39, 0.29) is 6.10 Å². The standard InChI is InChI=1S/C19H26ClN5O3S/c1-6-7-19(4,24-25-21)16-11-23-18(15-10-22-17(20)9-14(15)16)28-12(2)8-13(3)29(5,26)27/h9-13H,6-8H2,1-5H3/t12-,13-,19-/m1/s1. The summed E-state index contributed by atoms with van der Waals surface area (Å²) in [6, 6.07) is 1.70. The normalized spacial score (nSPS) is 15.9. The SMILES string of the molecule is CCC[C@@](C)(N=[N+]=[N-])c1cnc(O[C@H](C)C[C@@H](C)S(C)(=O)=O)c2cnc(Cl)cc12. The molecule has 10 heteroatoms. The van der Waals surface area contributed by atoms with E-state index in [1.54, 1.807) is 32.3 Å². The Morgan fingerprint density at radius 1 is 1.31 bits per heavy atom. The summed E-state index contributed by atoms with van der Waals surface area (Å²) in [5, 5.41) is 5.15. The van der Waals surface area contributed by atoms with Gasteiger partial charge in [0.15, 0.2) is 0 Å². The third kappa shape index (κ3) is 5.50. The second-order valence-corrected chi connectivity index (χ2v) is 10.4. The Kier molecular flexibility index (Phi) is 7.32. The summed E-state index contributed by atoms with van der Waals surface area (Å²) in [6.07, 6.45) is 5.81. The van der Waals surface area contributed by atoms with Gasteiger partial charge in [-0.3, -0.25) is 0 Å². The molecule has 0 aliphatic heterocycles. The minimum absolute atomic E-state index is 0.300. The molecule has 0 aliphatic rings. The van der Waals surface area contributed by atoms with Gasteiger partial charge < -0.3 is 4.74 Å². The fourth-order valence-corrected chi connectivity index (χ4v) is 4.09. The van der Waals surface area contributed by atoms with Crippen molar-refractivity contribution in [1.82, 2.24) is 9.97 Å². The molecule has 0 bridgehead atoms. The topological polar surface area (TPSA) is 118 Å². The first-order chi connectivity index (χ1) is 13.5. The largest absolute Gasteiger partial charge is 0.474 e. The van der Waals surface area contributed by atoms with Crippen molar-refractivity contribution in [2.75, 3.05) is 6.26 Å². The van der Waals surface area contributed by atoms with Crippen LogP contribution < -0.4 is 4.74 Å². The van der Waals surface area contributed by atoms with E-state index in [0.29, 0.717) is 29.3 Å². The van der Waals surface area contributed by atoms with Crippen molar-refractivity contribution in [1.29, 1.82) is 0 Å². The molecule has 0 aromatic carbocycles. The fraction of sp³-hybridized carbons (Fsp3) is 0.579. The van der Waals surface area contributed by atoms with Gasteiger partial charge in [-0.05, 0) is 49.7 Å². The van der Waals surface area contributed by atoms with Crippen LogP contribution >= 0.6 is 11.6 Å². The van der Waals surface area contributed by atoms with Gasteiger partial charge in [-0.1, -0.05) is 30.1 Å². The number of ether oxygens (including phenoxy) is 1. The summed E-state index contributed by atoms with van der Waals surface area (Å²) in [5.41, 5.74) is 9.01. The molecule has 3 atom stereocenters. The number of halogens is 1. The molecule has 0 saturated heterocycles. The Labute approximate surface area is 176 Å². The van der Waals surface area contributed by atoms with Gasteiger partial charge in [-0.15, -0.1) is 0 Å². The van der Waals surface area contributed by atoms with Gasteiger partial charge in [0.2, 0.25) is 5.88 Å². The molecule has 0 unspecified atom stereocenters. The number of hydrogen-bond donors (Lipinski definition) is 0. The Balaban J connectivity index is 2.52. The minimum atomic E-state index is -3.15. The van der Waals surface area contributed by atoms with Crippen LogP contribution in [0.25, 0.3) is 21.2 Å². The van der Waals surface area contributed by atoms with Crippen LogP contribution in [0.15, 0.2) is 23.6 Å². The first-order valence-corrected chi connectivity index (χ1v) is 11.7. The molecule has 8 nitrogen and oxygen atoms in total. The highest BCUT2D eigenvalue weighted by Crippen LogP contribution is 2.38. The zero-order valence-corrected chi connectivity index (χ0v) is 18.8. The van der Waals surface area contributed by atoms with E-state index in [4.69, 9.17) is 21.9 Å². The van der Waals surface area contributed by atoms with Crippen molar-refractivity contribution >= 4 is 32.2 Å². The lowest BCUT2D eigenvalue weighted by Crippen LogP contribution is -2.25. The van der Waals surface area contributed by atoms with E-state index in [1.807, 2.05) is 13.8 Å².